The van der Waals surface area contributed by atoms with E-state index in [0.29, 0.717) is 31.3 Å². The fourth-order valence-electron chi connectivity index (χ4n) is 2.28. The number of nitrogens with one attached hydrogen (secondary N) is 1. The minimum Gasteiger partial charge on any atom is -0.486 e. The van der Waals surface area contributed by atoms with Gasteiger partial charge in [-0.1, -0.05) is 0 Å². The highest BCUT2D eigenvalue weighted by atomic mass is 79.9. The summed E-state index contributed by atoms with van der Waals surface area (Å²) in [6.07, 6.45) is -0.439. The van der Waals surface area contributed by atoms with Crippen LogP contribution in [0.1, 0.15) is 31.3 Å². The van der Waals surface area contributed by atoms with Crippen LogP contribution in [0, 0.1) is 0 Å². The van der Waals surface area contributed by atoms with Crippen LogP contribution in [0.25, 0.3) is 10.9 Å². The molecule has 0 aliphatic heterocycles. The van der Waals surface area contributed by atoms with Gasteiger partial charge in [-0.05, 0) is 54.9 Å². The van der Waals surface area contributed by atoms with Gasteiger partial charge in [-0.25, -0.2) is 4.79 Å². The largest absolute Gasteiger partial charge is 0.486 e. The second kappa shape index (κ2) is 9.05. The van der Waals surface area contributed by atoms with Gasteiger partial charge in [0.05, 0.1) is 11.1 Å². The number of aromatic amines is 1. The van der Waals surface area contributed by atoms with Crippen LogP contribution in [0.15, 0.2) is 22.7 Å². The van der Waals surface area contributed by atoms with Crippen molar-refractivity contribution in [3.8, 4) is 5.75 Å². The summed E-state index contributed by atoms with van der Waals surface area (Å²) in [7, 11) is 0. The van der Waals surface area contributed by atoms with Gasteiger partial charge in [-0.3, -0.25) is 0 Å². The first-order chi connectivity index (χ1) is 11.6. The molecule has 0 aliphatic carbocycles. The van der Waals surface area contributed by atoms with E-state index in [-0.39, 0.29) is 6.61 Å². The molecule has 2 rings (SSSR count). The van der Waals surface area contributed by atoms with E-state index in [0.717, 1.165) is 15.4 Å². The third-order valence-electron chi connectivity index (χ3n) is 3.27. The lowest BCUT2D eigenvalue weighted by atomic mass is 10.2. The molecular formula is C17H22BrNO5. The molecule has 24 heavy (non-hydrogen) atoms. The summed E-state index contributed by atoms with van der Waals surface area (Å²) in [5, 5.41) is 0.791. The number of H-pyrrole nitrogens is 1. The van der Waals surface area contributed by atoms with E-state index >= 15 is 0 Å². The van der Waals surface area contributed by atoms with Crippen molar-refractivity contribution in [3.63, 3.8) is 0 Å². The molecule has 1 aromatic carbocycles. The van der Waals surface area contributed by atoms with Crippen LogP contribution >= 0.6 is 15.9 Å². The van der Waals surface area contributed by atoms with Crippen LogP contribution in [0.4, 0.5) is 0 Å². The summed E-state index contributed by atoms with van der Waals surface area (Å²) in [5.41, 5.74) is 1.18. The van der Waals surface area contributed by atoms with Gasteiger partial charge in [0.15, 0.2) is 6.29 Å². The molecule has 0 aliphatic rings. The van der Waals surface area contributed by atoms with E-state index < -0.39 is 12.3 Å². The monoisotopic (exact) mass is 399 g/mol. The van der Waals surface area contributed by atoms with Crippen LogP contribution < -0.4 is 4.74 Å². The van der Waals surface area contributed by atoms with Crippen LogP contribution in [0.5, 0.6) is 5.75 Å². The average Bonchev–Trinajstić information content (AvgIpc) is 2.99. The van der Waals surface area contributed by atoms with Gasteiger partial charge in [0.1, 0.15) is 18.1 Å². The Labute approximate surface area is 149 Å². The van der Waals surface area contributed by atoms with Crippen molar-refractivity contribution in [3.05, 3.63) is 28.4 Å². The number of hydrogen-bond acceptors (Lipinski definition) is 5. The molecule has 132 valence electrons. The molecule has 0 atom stereocenters. The summed E-state index contributed by atoms with van der Waals surface area (Å²) in [5.74, 6) is 0.237. The maximum atomic E-state index is 11.9. The second-order valence-electron chi connectivity index (χ2n) is 4.89. The number of aromatic nitrogens is 1. The molecular weight excluding hydrogens is 378 g/mol. The fourth-order valence-corrected chi connectivity index (χ4v) is 2.74. The Morgan fingerprint density at radius 2 is 1.88 bits per heavy atom. The molecule has 0 saturated heterocycles. The number of rotatable bonds is 9. The number of esters is 1. The zero-order valence-corrected chi connectivity index (χ0v) is 15.6. The van der Waals surface area contributed by atoms with Gasteiger partial charge in [0, 0.05) is 24.1 Å². The summed E-state index contributed by atoms with van der Waals surface area (Å²) >= 11 is 3.49. The first-order valence-electron chi connectivity index (χ1n) is 7.95. The zero-order valence-electron chi connectivity index (χ0n) is 14.1. The van der Waals surface area contributed by atoms with Gasteiger partial charge >= 0.3 is 5.97 Å². The Kier molecular flexibility index (Phi) is 7.08. The van der Waals surface area contributed by atoms with Crippen LogP contribution in [-0.2, 0) is 14.2 Å². The number of fused-ring (bicyclic) bond motifs is 1. The first kappa shape index (κ1) is 18.8. The Hall–Kier alpha value is -1.57. The smallest absolute Gasteiger partial charge is 0.354 e. The zero-order chi connectivity index (χ0) is 17.5. The van der Waals surface area contributed by atoms with Crippen molar-refractivity contribution in [2.75, 3.05) is 26.4 Å². The molecule has 7 heteroatoms. The van der Waals surface area contributed by atoms with Crippen LogP contribution in [-0.4, -0.2) is 43.7 Å². The molecule has 0 bridgehead atoms. The van der Waals surface area contributed by atoms with Crippen molar-refractivity contribution >= 4 is 32.8 Å². The number of carbonyl (C=O) groups is 1. The topological polar surface area (TPSA) is 69.8 Å². The quantitative estimate of drug-likeness (QED) is 0.511. The molecule has 0 unspecified atom stereocenters. The van der Waals surface area contributed by atoms with Gasteiger partial charge in [0.2, 0.25) is 0 Å². The van der Waals surface area contributed by atoms with Gasteiger partial charge < -0.3 is 23.9 Å². The molecule has 2 aromatic rings. The number of hydrogen-bond donors (Lipinski definition) is 1. The van der Waals surface area contributed by atoms with Crippen molar-refractivity contribution in [1.82, 2.24) is 4.98 Å². The summed E-state index contributed by atoms with van der Waals surface area (Å²) in [6.45, 7) is 7.23. The predicted octanol–water partition coefficient (Wildman–Crippen LogP) is 3.89. The number of benzene rings is 1. The van der Waals surface area contributed by atoms with Crippen molar-refractivity contribution < 1.29 is 23.7 Å². The molecule has 6 nitrogen and oxygen atoms in total. The lowest BCUT2D eigenvalue weighted by molar-refractivity contribution is -0.152. The third kappa shape index (κ3) is 4.49. The van der Waals surface area contributed by atoms with E-state index in [9.17, 15) is 4.79 Å². The summed E-state index contributed by atoms with van der Waals surface area (Å²) < 4.78 is 22.7. The van der Waals surface area contributed by atoms with Crippen LogP contribution in [0.3, 0.4) is 0 Å². The molecule has 0 spiro atoms. The Morgan fingerprint density at radius 3 is 2.50 bits per heavy atom. The SMILES string of the molecule is CCOC(=O)c1cc2c(OCC(OCC)OCC)c(Br)ccc2[nH]1. The number of halogens is 1. The normalized spacial score (nSPS) is 11.2. The standard InChI is InChI=1S/C17H22BrNO5/c1-4-21-15(22-5-2)10-24-16-11-9-14(17(20)23-6-3)19-13(11)8-7-12(16)18/h7-9,15,19H,4-6,10H2,1-3H3. The Balaban J connectivity index is 2.24. The minimum atomic E-state index is -0.439. The average molecular weight is 400 g/mol. The molecule has 0 radical (unpaired) electrons. The highest BCUT2D eigenvalue weighted by Gasteiger charge is 2.17. The predicted molar refractivity (Wildman–Crippen MR) is 94.5 cm³/mol. The maximum Gasteiger partial charge on any atom is 0.354 e. The lowest BCUT2D eigenvalue weighted by Crippen LogP contribution is -2.25. The molecule has 0 fully saturated rings. The Morgan fingerprint density at radius 1 is 1.17 bits per heavy atom. The van der Waals surface area contributed by atoms with Crippen molar-refractivity contribution in [1.29, 1.82) is 0 Å². The second-order valence-corrected chi connectivity index (χ2v) is 5.75. The van der Waals surface area contributed by atoms with Gasteiger partial charge in [0.25, 0.3) is 0 Å². The number of carbonyl (C=O) groups excluding carboxylic acids is 1. The number of ether oxygens (including phenoxy) is 4. The highest BCUT2D eigenvalue weighted by Crippen LogP contribution is 2.34. The fraction of sp³-hybridized carbons (Fsp3) is 0.471. The molecule has 0 saturated carbocycles. The van der Waals surface area contributed by atoms with E-state index in [1.807, 2.05) is 26.0 Å². The van der Waals surface area contributed by atoms with Crippen molar-refractivity contribution in [2.24, 2.45) is 0 Å². The van der Waals surface area contributed by atoms with E-state index in [2.05, 4.69) is 20.9 Å². The van der Waals surface area contributed by atoms with E-state index in [1.165, 1.54) is 0 Å². The first-order valence-corrected chi connectivity index (χ1v) is 8.74. The lowest BCUT2D eigenvalue weighted by Gasteiger charge is -2.18. The van der Waals surface area contributed by atoms with Gasteiger partial charge in [-0.2, -0.15) is 0 Å². The minimum absolute atomic E-state index is 0.249. The highest BCUT2D eigenvalue weighted by molar-refractivity contribution is 9.10. The summed E-state index contributed by atoms with van der Waals surface area (Å²) in [4.78, 5) is 14.9. The van der Waals surface area contributed by atoms with E-state index in [4.69, 9.17) is 18.9 Å². The Bertz CT molecular complexity index is 679. The van der Waals surface area contributed by atoms with Crippen LogP contribution in [0.2, 0.25) is 0 Å². The molecule has 1 heterocycles. The molecule has 0 amide bonds. The third-order valence-corrected chi connectivity index (χ3v) is 3.89. The maximum absolute atomic E-state index is 11.9. The molecule has 1 N–H and O–H groups in total. The van der Waals surface area contributed by atoms with Gasteiger partial charge in [-0.15, -0.1) is 0 Å². The summed E-state index contributed by atoms with van der Waals surface area (Å²) in [6, 6.07) is 5.46. The van der Waals surface area contributed by atoms with Crippen molar-refractivity contribution in [2.45, 2.75) is 27.1 Å². The van der Waals surface area contributed by atoms with E-state index in [1.54, 1.807) is 13.0 Å². The molecule has 1 aromatic heterocycles.